The second kappa shape index (κ2) is 4.13. The van der Waals surface area contributed by atoms with Crippen LogP contribution in [0.15, 0.2) is 39.9 Å². The number of hydrogen-bond donors (Lipinski definition) is 1. The molecule has 0 saturated carbocycles. The molecule has 0 fully saturated rings. The minimum atomic E-state index is 0.750. The summed E-state index contributed by atoms with van der Waals surface area (Å²) in [6.07, 6.45) is 1.81. The van der Waals surface area contributed by atoms with Crippen LogP contribution in [0.2, 0.25) is 0 Å². The van der Waals surface area contributed by atoms with Crippen LogP contribution >= 0.6 is 0 Å². The van der Waals surface area contributed by atoms with Gasteiger partial charge in [-0.15, -0.1) is 0 Å². The van der Waals surface area contributed by atoms with Gasteiger partial charge in [-0.2, -0.15) is 0 Å². The molecule has 2 aromatic rings. The fourth-order valence-corrected chi connectivity index (χ4v) is 2.07. The Labute approximate surface area is 99.9 Å². The minimum absolute atomic E-state index is 0.750. The molecule has 17 heavy (non-hydrogen) atoms. The standard InChI is InChI=1S/C13H15N3O/c1-16-7-6-14-13(16)15-8-10-9-17-12-5-3-2-4-11(10)12/h2-5,9H,6-8H2,1H3,(H,14,15). The quantitative estimate of drug-likeness (QED) is 0.854. The van der Waals surface area contributed by atoms with Crippen LogP contribution in [0.1, 0.15) is 5.56 Å². The lowest BCUT2D eigenvalue weighted by Gasteiger charge is -2.14. The molecule has 0 unspecified atom stereocenters. The number of likely N-dealkylation sites (N-methyl/N-ethyl adjacent to an activating group) is 1. The zero-order valence-electron chi connectivity index (χ0n) is 9.81. The van der Waals surface area contributed by atoms with Crippen molar-refractivity contribution in [2.75, 3.05) is 20.1 Å². The van der Waals surface area contributed by atoms with Crippen LogP contribution in [0.3, 0.4) is 0 Å². The van der Waals surface area contributed by atoms with Crippen LogP contribution in [-0.2, 0) is 6.54 Å². The number of furan rings is 1. The van der Waals surface area contributed by atoms with Gasteiger partial charge in [0.05, 0.1) is 12.8 Å². The van der Waals surface area contributed by atoms with Gasteiger partial charge in [0.2, 0.25) is 0 Å². The first-order valence-electron chi connectivity index (χ1n) is 5.79. The van der Waals surface area contributed by atoms with E-state index in [0.717, 1.165) is 31.2 Å². The van der Waals surface area contributed by atoms with Gasteiger partial charge in [-0.1, -0.05) is 18.2 Å². The van der Waals surface area contributed by atoms with Crippen LogP contribution in [-0.4, -0.2) is 31.0 Å². The molecule has 1 aliphatic rings. The highest BCUT2D eigenvalue weighted by Gasteiger charge is 2.12. The highest BCUT2D eigenvalue weighted by molar-refractivity contribution is 5.83. The molecule has 0 atom stereocenters. The van der Waals surface area contributed by atoms with Crippen LogP contribution in [0, 0.1) is 0 Å². The lowest BCUT2D eigenvalue weighted by atomic mass is 10.2. The van der Waals surface area contributed by atoms with Crippen molar-refractivity contribution in [3.05, 3.63) is 36.1 Å². The molecule has 1 aromatic heterocycles. The van der Waals surface area contributed by atoms with E-state index in [1.165, 1.54) is 10.9 Å². The van der Waals surface area contributed by atoms with E-state index in [2.05, 4.69) is 21.3 Å². The summed E-state index contributed by atoms with van der Waals surface area (Å²) in [5.74, 6) is 0.968. The third kappa shape index (κ3) is 1.86. The number of benzene rings is 1. The van der Waals surface area contributed by atoms with E-state index in [1.807, 2.05) is 31.5 Å². The highest BCUT2D eigenvalue weighted by atomic mass is 16.3. The molecule has 88 valence electrons. The summed E-state index contributed by atoms with van der Waals surface area (Å²) in [7, 11) is 2.05. The van der Waals surface area contributed by atoms with Crippen molar-refractivity contribution in [3.63, 3.8) is 0 Å². The number of hydrogen-bond acceptors (Lipinski definition) is 4. The van der Waals surface area contributed by atoms with E-state index in [9.17, 15) is 0 Å². The summed E-state index contributed by atoms with van der Waals surface area (Å²) < 4.78 is 5.50. The second-order valence-corrected chi connectivity index (χ2v) is 4.24. The fourth-order valence-electron chi connectivity index (χ4n) is 2.07. The normalized spacial score (nSPS) is 15.4. The van der Waals surface area contributed by atoms with Gasteiger partial charge in [-0.25, -0.2) is 0 Å². The molecule has 1 aromatic carbocycles. The van der Waals surface area contributed by atoms with Crippen molar-refractivity contribution in [1.29, 1.82) is 0 Å². The van der Waals surface area contributed by atoms with Gasteiger partial charge in [-0.05, 0) is 6.07 Å². The maximum Gasteiger partial charge on any atom is 0.194 e. The van der Waals surface area contributed by atoms with Gasteiger partial charge in [-0.3, -0.25) is 4.99 Å². The SMILES string of the molecule is CN1CCN=C1NCc1coc2ccccc12. The molecule has 2 heterocycles. The molecule has 0 saturated heterocycles. The Hall–Kier alpha value is -1.97. The molecule has 0 bridgehead atoms. The Morgan fingerprint density at radius 3 is 3.12 bits per heavy atom. The predicted octanol–water partition coefficient (Wildman–Crippen LogP) is 1.82. The summed E-state index contributed by atoms with van der Waals surface area (Å²) in [6.45, 7) is 2.62. The first-order chi connectivity index (χ1) is 8.34. The summed E-state index contributed by atoms with van der Waals surface area (Å²) in [6, 6.07) is 8.08. The van der Waals surface area contributed by atoms with E-state index in [-0.39, 0.29) is 0 Å². The Balaban J connectivity index is 1.77. The largest absolute Gasteiger partial charge is 0.464 e. The number of guanidine groups is 1. The number of aliphatic imine (C=N–C) groups is 1. The van der Waals surface area contributed by atoms with Crippen molar-refractivity contribution < 1.29 is 4.42 Å². The van der Waals surface area contributed by atoms with Crippen molar-refractivity contribution in [1.82, 2.24) is 10.2 Å². The lowest BCUT2D eigenvalue weighted by molar-refractivity contribution is 0.533. The van der Waals surface area contributed by atoms with Gasteiger partial charge in [0.1, 0.15) is 5.58 Å². The number of para-hydroxylation sites is 1. The first kappa shape index (κ1) is 10.2. The van der Waals surface area contributed by atoms with E-state index in [0.29, 0.717) is 0 Å². The third-order valence-corrected chi connectivity index (χ3v) is 3.06. The maximum absolute atomic E-state index is 5.50. The summed E-state index contributed by atoms with van der Waals surface area (Å²) in [5.41, 5.74) is 2.11. The van der Waals surface area contributed by atoms with Gasteiger partial charge in [0.25, 0.3) is 0 Å². The average molecular weight is 229 g/mol. The molecule has 1 N–H and O–H groups in total. The van der Waals surface area contributed by atoms with E-state index in [1.54, 1.807) is 0 Å². The van der Waals surface area contributed by atoms with Crippen LogP contribution in [0.5, 0.6) is 0 Å². The number of rotatable bonds is 2. The van der Waals surface area contributed by atoms with Gasteiger partial charge in [0.15, 0.2) is 5.96 Å². The van der Waals surface area contributed by atoms with Gasteiger partial charge < -0.3 is 14.6 Å². The van der Waals surface area contributed by atoms with E-state index >= 15 is 0 Å². The Kier molecular flexibility index (Phi) is 2.48. The number of nitrogens with zero attached hydrogens (tertiary/aromatic N) is 2. The molecule has 0 spiro atoms. The monoisotopic (exact) mass is 229 g/mol. The lowest BCUT2D eigenvalue weighted by Crippen LogP contribution is -2.34. The molecule has 1 aliphatic heterocycles. The Bertz CT molecular complexity index is 559. The molecule has 3 rings (SSSR count). The third-order valence-electron chi connectivity index (χ3n) is 3.06. The smallest absolute Gasteiger partial charge is 0.194 e. The van der Waals surface area contributed by atoms with Crippen LogP contribution in [0.4, 0.5) is 0 Å². The second-order valence-electron chi connectivity index (χ2n) is 4.24. The molecule has 0 radical (unpaired) electrons. The topological polar surface area (TPSA) is 40.8 Å². The predicted molar refractivity (Wildman–Crippen MR) is 68.0 cm³/mol. The van der Waals surface area contributed by atoms with Crippen LogP contribution in [0.25, 0.3) is 11.0 Å². The van der Waals surface area contributed by atoms with E-state index < -0.39 is 0 Å². The average Bonchev–Trinajstić information content (AvgIpc) is 2.93. The highest BCUT2D eigenvalue weighted by Crippen LogP contribution is 2.20. The Morgan fingerprint density at radius 1 is 1.41 bits per heavy atom. The van der Waals surface area contributed by atoms with Gasteiger partial charge in [0, 0.05) is 31.1 Å². The molecule has 0 amide bonds. The zero-order valence-corrected chi connectivity index (χ0v) is 9.81. The number of nitrogens with one attached hydrogen (secondary N) is 1. The Morgan fingerprint density at radius 2 is 2.29 bits per heavy atom. The minimum Gasteiger partial charge on any atom is -0.464 e. The van der Waals surface area contributed by atoms with E-state index in [4.69, 9.17) is 4.42 Å². The molecule has 4 nitrogen and oxygen atoms in total. The van der Waals surface area contributed by atoms with Gasteiger partial charge >= 0.3 is 0 Å². The fraction of sp³-hybridized carbons (Fsp3) is 0.308. The van der Waals surface area contributed by atoms with Crippen LogP contribution < -0.4 is 5.32 Å². The van der Waals surface area contributed by atoms with Crippen molar-refractivity contribution in [3.8, 4) is 0 Å². The molecular weight excluding hydrogens is 214 g/mol. The van der Waals surface area contributed by atoms with Crippen molar-refractivity contribution in [2.24, 2.45) is 4.99 Å². The van der Waals surface area contributed by atoms with Crippen molar-refractivity contribution >= 4 is 16.9 Å². The molecule has 4 heteroatoms. The molecular formula is C13H15N3O. The summed E-state index contributed by atoms with van der Waals surface area (Å²) in [4.78, 5) is 6.52. The maximum atomic E-state index is 5.50. The summed E-state index contributed by atoms with van der Waals surface area (Å²) in [5, 5.41) is 4.51. The first-order valence-corrected chi connectivity index (χ1v) is 5.79. The summed E-state index contributed by atoms with van der Waals surface area (Å²) >= 11 is 0. The number of fused-ring (bicyclic) bond motifs is 1. The molecule has 0 aliphatic carbocycles. The van der Waals surface area contributed by atoms with Crippen molar-refractivity contribution in [2.45, 2.75) is 6.54 Å². The zero-order chi connectivity index (χ0) is 11.7.